The second-order valence-electron chi connectivity index (χ2n) is 7.40. The fourth-order valence-electron chi connectivity index (χ4n) is 4.06. The standard InChI is InChI=1S/C21H16F6O4/c22-20(23,24)19(21(25,26)27)31-18-14-12(15(28)16(29)17(18)30)8-7-10-6-5-9-3-1-2-4-11(9)13(10)14/h1-8,15-19,28-30H/t15-,16+,17-,18+/m1/s1. The SMILES string of the molecule is O[C@@H]1[C@@H](O)[C@@H](OC(C(F)(F)F)C(F)(F)F)c2c(ccc3ccc4ccccc4c23)[C@H]1O. The van der Waals surface area contributed by atoms with Crippen molar-refractivity contribution in [2.75, 3.05) is 0 Å². The minimum Gasteiger partial charge on any atom is -0.387 e. The average Bonchev–Trinajstić information content (AvgIpc) is 2.69. The largest absolute Gasteiger partial charge is 0.423 e. The van der Waals surface area contributed by atoms with Gasteiger partial charge in [0.25, 0.3) is 0 Å². The van der Waals surface area contributed by atoms with Gasteiger partial charge in [-0.1, -0.05) is 48.5 Å². The van der Waals surface area contributed by atoms with Crippen LogP contribution in [0.1, 0.15) is 23.3 Å². The lowest BCUT2D eigenvalue weighted by Crippen LogP contribution is -2.50. The topological polar surface area (TPSA) is 69.9 Å². The molecule has 0 bridgehead atoms. The zero-order valence-electron chi connectivity index (χ0n) is 15.5. The van der Waals surface area contributed by atoms with Crippen molar-refractivity contribution in [2.45, 2.75) is 42.9 Å². The van der Waals surface area contributed by atoms with Gasteiger partial charge in [0.05, 0.1) is 0 Å². The molecule has 0 fully saturated rings. The van der Waals surface area contributed by atoms with Crippen molar-refractivity contribution in [2.24, 2.45) is 0 Å². The van der Waals surface area contributed by atoms with E-state index in [0.29, 0.717) is 16.2 Å². The molecule has 0 heterocycles. The van der Waals surface area contributed by atoms with Gasteiger partial charge in [0, 0.05) is 0 Å². The van der Waals surface area contributed by atoms with E-state index in [-0.39, 0.29) is 16.5 Å². The molecule has 10 heteroatoms. The summed E-state index contributed by atoms with van der Waals surface area (Å²) >= 11 is 0. The molecule has 166 valence electrons. The number of fused-ring (bicyclic) bond motifs is 5. The second-order valence-corrected chi connectivity index (χ2v) is 7.40. The Kier molecular flexibility index (Phi) is 5.16. The van der Waals surface area contributed by atoms with Gasteiger partial charge in [-0.15, -0.1) is 0 Å². The molecule has 0 amide bonds. The molecule has 3 N–H and O–H groups in total. The lowest BCUT2D eigenvalue weighted by atomic mass is 9.79. The summed E-state index contributed by atoms with van der Waals surface area (Å²) < 4.78 is 83.5. The van der Waals surface area contributed by atoms with Crippen LogP contribution in [0.2, 0.25) is 0 Å². The van der Waals surface area contributed by atoms with Crippen molar-refractivity contribution < 1.29 is 46.4 Å². The highest BCUT2D eigenvalue weighted by atomic mass is 19.4. The molecule has 0 saturated heterocycles. The Morgan fingerprint density at radius 2 is 1.32 bits per heavy atom. The molecule has 4 nitrogen and oxygen atoms in total. The number of alkyl halides is 6. The maximum atomic E-state index is 13.2. The predicted molar refractivity (Wildman–Crippen MR) is 98.2 cm³/mol. The molecule has 1 aliphatic carbocycles. The van der Waals surface area contributed by atoms with Crippen LogP contribution in [0, 0.1) is 0 Å². The zero-order chi connectivity index (χ0) is 22.7. The summed E-state index contributed by atoms with van der Waals surface area (Å²) in [6.45, 7) is 0. The van der Waals surface area contributed by atoms with E-state index in [0.717, 1.165) is 0 Å². The summed E-state index contributed by atoms with van der Waals surface area (Å²) in [5.74, 6) is 0. The van der Waals surface area contributed by atoms with E-state index in [4.69, 9.17) is 0 Å². The minimum atomic E-state index is -5.81. The molecule has 0 aliphatic heterocycles. The molecule has 1 aliphatic rings. The van der Waals surface area contributed by atoms with E-state index >= 15 is 0 Å². The van der Waals surface area contributed by atoms with Crippen LogP contribution >= 0.6 is 0 Å². The summed E-state index contributed by atoms with van der Waals surface area (Å²) in [4.78, 5) is 0. The number of benzene rings is 3. The van der Waals surface area contributed by atoms with Gasteiger partial charge in [-0.3, -0.25) is 0 Å². The van der Waals surface area contributed by atoms with E-state index in [2.05, 4.69) is 4.74 Å². The maximum absolute atomic E-state index is 13.2. The molecule has 0 unspecified atom stereocenters. The van der Waals surface area contributed by atoms with Gasteiger partial charge in [-0.05, 0) is 32.7 Å². The third kappa shape index (κ3) is 3.63. The van der Waals surface area contributed by atoms with Crippen LogP contribution < -0.4 is 0 Å². The third-order valence-corrected chi connectivity index (χ3v) is 5.45. The molecule has 4 atom stereocenters. The summed E-state index contributed by atoms with van der Waals surface area (Å²) in [6, 6.07) is 12.8. The number of hydrogen-bond donors (Lipinski definition) is 3. The first-order chi connectivity index (χ1) is 14.4. The number of aliphatic hydroxyl groups is 3. The highest BCUT2D eigenvalue weighted by Crippen LogP contribution is 2.47. The lowest BCUT2D eigenvalue weighted by Gasteiger charge is -2.40. The van der Waals surface area contributed by atoms with Crippen molar-refractivity contribution in [3.8, 4) is 0 Å². The van der Waals surface area contributed by atoms with Crippen LogP contribution in [-0.4, -0.2) is 46.0 Å². The lowest BCUT2D eigenvalue weighted by molar-refractivity contribution is -0.340. The molecule has 0 aromatic heterocycles. The van der Waals surface area contributed by atoms with Crippen molar-refractivity contribution >= 4 is 21.5 Å². The van der Waals surface area contributed by atoms with E-state index in [1.54, 1.807) is 36.4 Å². The molecule has 0 saturated carbocycles. The fourth-order valence-corrected chi connectivity index (χ4v) is 4.06. The Bertz CT molecular complexity index is 1110. The molecule has 31 heavy (non-hydrogen) atoms. The van der Waals surface area contributed by atoms with E-state index < -0.39 is 42.9 Å². The molecular formula is C21H16F6O4. The van der Waals surface area contributed by atoms with Gasteiger partial charge in [-0.25, -0.2) is 0 Å². The van der Waals surface area contributed by atoms with Crippen LogP contribution in [0.3, 0.4) is 0 Å². The number of ether oxygens (including phenoxy) is 1. The van der Waals surface area contributed by atoms with Crippen molar-refractivity contribution in [1.82, 2.24) is 0 Å². The van der Waals surface area contributed by atoms with Gasteiger partial charge < -0.3 is 20.1 Å². The Morgan fingerprint density at radius 1 is 0.742 bits per heavy atom. The first kappa shape index (κ1) is 21.8. The van der Waals surface area contributed by atoms with Crippen LogP contribution in [0.25, 0.3) is 21.5 Å². The Labute approximate surface area is 171 Å². The van der Waals surface area contributed by atoms with Crippen molar-refractivity contribution in [1.29, 1.82) is 0 Å². The van der Waals surface area contributed by atoms with Crippen molar-refractivity contribution in [3.63, 3.8) is 0 Å². The zero-order valence-corrected chi connectivity index (χ0v) is 15.5. The molecule has 3 aromatic rings. The first-order valence-corrected chi connectivity index (χ1v) is 9.18. The smallest absolute Gasteiger partial charge is 0.387 e. The molecular weight excluding hydrogens is 430 g/mol. The number of rotatable bonds is 2. The summed E-state index contributed by atoms with van der Waals surface area (Å²) in [6.07, 6.45) is -24.0. The van der Waals surface area contributed by atoms with Crippen LogP contribution in [0.4, 0.5) is 26.3 Å². The van der Waals surface area contributed by atoms with Crippen LogP contribution in [0.15, 0.2) is 48.5 Å². The highest BCUT2D eigenvalue weighted by molar-refractivity contribution is 6.09. The average molecular weight is 446 g/mol. The second kappa shape index (κ2) is 7.33. The van der Waals surface area contributed by atoms with Crippen molar-refractivity contribution in [3.05, 3.63) is 59.7 Å². The van der Waals surface area contributed by atoms with Gasteiger partial charge in [0.1, 0.15) is 24.4 Å². The number of aliphatic hydroxyl groups excluding tert-OH is 3. The van der Waals surface area contributed by atoms with Gasteiger partial charge in [0.15, 0.2) is 0 Å². The summed E-state index contributed by atoms with van der Waals surface area (Å²) in [5.41, 5.74) is -0.340. The molecule has 4 rings (SSSR count). The van der Waals surface area contributed by atoms with Gasteiger partial charge in [-0.2, -0.15) is 26.3 Å². The highest BCUT2D eigenvalue weighted by Gasteiger charge is 2.60. The molecule has 3 aromatic carbocycles. The third-order valence-electron chi connectivity index (χ3n) is 5.45. The normalized spacial score (nSPS) is 24.7. The fraction of sp³-hybridized carbons (Fsp3) is 0.333. The van der Waals surface area contributed by atoms with E-state index in [1.807, 2.05) is 0 Å². The molecule has 0 spiro atoms. The predicted octanol–water partition coefficient (Wildman–Crippen LogP) is 4.31. The molecule has 0 radical (unpaired) electrons. The maximum Gasteiger partial charge on any atom is 0.423 e. The van der Waals surface area contributed by atoms with Crippen LogP contribution in [0.5, 0.6) is 0 Å². The van der Waals surface area contributed by atoms with Gasteiger partial charge >= 0.3 is 12.4 Å². The minimum absolute atomic E-state index is 0.116. The monoisotopic (exact) mass is 446 g/mol. The van der Waals surface area contributed by atoms with E-state index in [9.17, 15) is 41.7 Å². The van der Waals surface area contributed by atoms with Crippen LogP contribution in [-0.2, 0) is 4.74 Å². The Morgan fingerprint density at radius 3 is 1.97 bits per heavy atom. The Balaban J connectivity index is 2.01. The number of hydrogen-bond acceptors (Lipinski definition) is 4. The van der Waals surface area contributed by atoms with E-state index in [1.165, 1.54) is 12.1 Å². The quantitative estimate of drug-likeness (QED) is 0.405. The number of halogens is 6. The summed E-state index contributed by atoms with van der Waals surface area (Å²) in [7, 11) is 0. The van der Waals surface area contributed by atoms with Gasteiger partial charge in [0.2, 0.25) is 6.10 Å². The summed E-state index contributed by atoms with van der Waals surface area (Å²) in [5, 5.41) is 32.7. The first-order valence-electron chi connectivity index (χ1n) is 9.18. The Hall–Kier alpha value is -2.40.